The second-order valence-electron chi connectivity index (χ2n) is 4.23. The Bertz CT molecular complexity index is 552. The van der Waals surface area contributed by atoms with Crippen molar-refractivity contribution in [1.82, 2.24) is 5.32 Å². The molecule has 0 bridgehead atoms. The number of halogens is 2. The van der Waals surface area contributed by atoms with E-state index in [4.69, 9.17) is 23.2 Å². The normalized spacial score (nSPS) is 12.4. The van der Waals surface area contributed by atoms with E-state index < -0.39 is 0 Å². The van der Waals surface area contributed by atoms with Crippen molar-refractivity contribution in [2.45, 2.75) is 13.0 Å². The molecule has 0 aliphatic rings. The van der Waals surface area contributed by atoms with E-state index in [0.717, 1.165) is 21.2 Å². The van der Waals surface area contributed by atoms with Crippen LogP contribution in [0.4, 0.5) is 0 Å². The van der Waals surface area contributed by atoms with Crippen LogP contribution < -0.4 is 5.32 Å². The van der Waals surface area contributed by atoms with E-state index >= 15 is 0 Å². The zero-order valence-corrected chi connectivity index (χ0v) is 11.9. The molecular weight excluding hydrogens is 265 g/mol. The third kappa shape index (κ3) is 2.69. The van der Waals surface area contributed by atoms with E-state index in [9.17, 15) is 0 Å². The first-order valence-corrected chi connectivity index (χ1v) is 6.57. The average Bonchev–Trinajstić information content (AvgIpc) is 2.35. The van der Waals surface area contributed by atoms with Gasteiger partial charge >= 0.3 is 0 Å². The fourth-order valence-corrected chi connectivity index (χ4v) is 2.51. The summed E-state index contributed by atoms with van der Waals surface area (Å²) >= 11 is 12.2. The molecule has 0 saturated carbocycles. The number of rotatable bonds is 3. The quantitative estimate of drug-likeness (QED) is 0.865. The van der Waals surface area contributed by atoms with Crippen LogP contribution in [-0.2, 0) is 0 Å². The maximum Gasteiger partial charge on any atom is 0.0577 e. The van der Waals surface area contributed by atoms with Crippen molar-refractivity contribution in [3.8, 4) is 0 Å². The van der Waals surface area contributed by atoms with Gasteiger partial charge in [0, 0.05) is 10.0 Å². The molecule has 1 N–H and O–H groups in total. The van der Waals surface area contributed by atoms with Crippen molar-refractivity contribution in [1.29, 1.82) is 0 Å². The number of hydrogen-bond acceptors (Lipinski definition) is 1. The van der Waals surface area contributed by atoms with E-state index in [0.29, 0.717) is 0 Å². The molecule has 0 aliphatic heterocycles. The molecule has 94 valence electrons. The highest BCUT2D eigenvalue weighted by molar-refractivity contribution is 6.31. The molecule has 1 atom stereocenters. The predicted molar refractivity (Wildman–Crippen MR) is 78.5 cm³/mol. The Morgan fingerprint density at radius 2 is 1.78 bits per heavy atom. The van der Waals surface area contributed by atoms with Crippen molar-refractivity contribution < 1.29 is 0 Å². The fourth-order valence-electron chi connectivity index (χ4n) is 2.12. The largest absolute Gasteiger partial charge is 0.309 e. The van der Waals surface area contributed by atoms with Crippen LogP contribution in [0.3, 0.4) is 0 Å². The summed E-state index contributed by atoms with van der Waals surface area (Å²) < 4.78 is 0. The molecule has 0 heterocycles. The first-order valence-electron chi connectivity index (χ1n) is 5.81. The maximum absolute atomic E-state index is 6.18. The minimum atomic E-state index is 0.0994. The van der Waals surface area contributed by atoms with Gasteiger partial charge < -0.3 is 5.32 Å². The standard InChI is InChI=1S/C15H15Cl2N/c1-10-13(7-4-8-14(10)17)15(18-2)11-5-3-6-12(16)9-11/h3-9,15,18H,1-2H3. The van der Waals surface area contributed by atoms with Crippen LogP contribution in [0.1, 0.15) is 22.7 Å². The maximum atomic E-state index is 6.18. The molecule has 0 radical (unpaired) electrons. The summed E-state index contributed by atoms with van der Waals surface area (Å²) in [6.07, 6.45) is 0. The van der Waals surface area contributed by atoms with E-state index in [1.165, 1.54) is 5.56 Å². The van der Waals surface area contributed by atoms with Crippen molar-refractivity contribution in [2.24, 2.45) is 0 Å². The Morgan fingerprint density at radius 1 is 1.06 bits per heavy atom. The van der Waals surface area contributed by atoms with Gasteiger partial charge in [0.15, 0.2) is 0 Å². The number of benzene rings is 2. The molecule has 0 saturated heterocycles. The molecule has 0 fully saturated rings. The molecule has 0 aliphatic carbocycles. The lowest BCUT2D eigenvalue weighted by Crippen LogP contribution is -2.18. The monoisotopic (exact) mass is 279 g/mol. The van der Waals surface area contributed by atoms with Crippen LogP contribution >= 0.6 is 23.2 Å². The Kier molecular flexibility index (Phi) is 4.28. The number of hydrogen-bond donors (Lipinski definition) is 1. The van der Waals surface area contributed by atoms with E-state index in [1.54, 1.807) is 0 Å². The van der Waals surface area contributed by atoms with Crippen LogP contribution in [-0.4, -0.2) is 7.05 Å². The third-order valence-corrected chi connectivity index (χ3v) is 3.74. The summed E-state index contributed by atoms with van der Waals surface area (Å²) in [6.45, 7) is 2.03. The Labute approximate surface area is 118 Å². The van der Waals surface area contributed by atoms with E-state index in [-0.39, 0.29) is 6.04 Å². The predicted octanol–water partition coefficient (Wildman–Crippen LogP) is 4.61. The molecule has 0 aromatic heterocycles. The minimum Gasteiger partial charge on any atom is -0.309 e. The van der Waals surface area contributed by atoms with Gasteiger partial charge in [-0.3, -0.25) is 0 Å². The summed E-state index contributed by atoms with van der Waals surface area (Å²) in [6, 6.07) is 13.9. The third-order valence-electron chi connectivity index (χ3n) is 3.09. The summed E-state index contributed by atoms with van der Waals surface area (Å²) in [5, 5.41) is 4.84. The first kappa shape index (κ1) is 13.4. The number of nitrogens with one attached hydrogen (secondary N) is 1. The van der Waals surface area contributed by atoms with Gasteiger partial charge in [0.1, 0.15) is 0 Å². The van der Waals surface area contributed by atoms with Crippen LogP contribution in [0.5, 0.6) is 0 Å². The molecule has 0 amide bonds. The highest BCUT2D eigenvalue weighted by Gasteiger charge is 2.15. The Hall–Kier alpha value is -1.02. The fraction of sp³-hybridized carbons (Fsp3) is 0.200. The van der Waals surface area contributed by atoms with Crippen LogP contribution in [0.2, 0.25) is 10.0 Å². The lowest BCUT2D eigenvalue weighted by Gasteiger charge is -2.20. The lowest BCUT2D eigenvalue weighted by atomic mass is 9.95. The SMILES string of the molecule is CNC(c1cccc(Cl)c1)c1cccc(Cl)c1C. The minimum absolute atomic E-state index is 0.0994. The summed E-state index contributed by atoms with van der Waals surface area (Å²) in [5.41, 5.74) is 3.40. The molecule has 1 nitrogen and oxygen atoms in total. The second-order valence-corrected chi connectivity index (χ2v) is 5.07. The average molecular weight is 280 g/mol. The van der Waals surface area contributed by atoms with Crippen molar-refractivity contribution in [3.05, 3.63) is 69.2 Å². The summed E-state index contributed by atoms with van der Waals surface area (Å²) in [4.78, 5) is 0. The molecule has 1 unspecified atom stereocenters. The summed E-state index contributed by atoms with van der Waals surface area (Å²) in [5.74, 6) is 0. The topological polar surface area (TPSA) is 12.0 Å². The van der Waals surface area contributed by atoms with E-state index in [1.807, 2.05) is 44.3 Å². The zero-order chi connectivity index (χ0) is 13.1. The van der Waals surface area contributed by atoms with Crippen molar-refractivity contribution in [3.63, 3.8) is 0 Å². The Balaban J connectivity index is 2.49. The Morgan fingerprint density at radius 3 is 2.44 bits per heavy atom. The smallest absolute Gasteiger partial charge is 0.0577 e. The lowest BCUT2D eigenvalue weighted by molar-refractivity contribution is 0.688. The van der Waals surface area contributed by atoms with Gasteiger partial charge in [0.2, 0.25) is 0 Å². The van der Waals surface area contributed by atoms with Crippen LogP contribution in [0.15, 0.2) is 42.5 Å². The molecule has 18 heavy (non-hydrogen) atoms. The van der Waals surface area contributed by atoms with Crippen molar-refractivity contribution in [2.75, 3.05) is 7.05 Å². The van der Waals surface area contributed by atoms with Gasteiger partial charge in [-0.25, -0.2) is 0 Å². The van der Waals surface area contributed by atoms with Gasteiger partial charge in [0.25, 0.3) is 0 Å². The van der Waals surface area contributed by atoms with Crippen LogP contribution in [0, 0.1) is 6.92 Å². The van der Waals surface area contributed by atoms with E-state index in [2.05, 4.69) is 17.4 Å². The van der Waals surface area contributed by atoms with Gasteiger partial charge in [-0.1, -0.05) is 47.5 Å². The highest BCUT2D eigenvalue weighted by atomic mass is 35.5. The molecule has 3 heteroatoms. The van der Waals surface area contributed by atoms with Gasteiger partial charge in [-0.15, -0.1) is 0 Å². The molecule has 2 aromatic rings. The van der Waals surface area contributed by atoms with Crippen molar-refractivity contribution >= 4 is 23.2 Å². The van der Waals surface area contributed by atoms with Gasteiger partial charge in [-0.2, -0.15) is 0 Å². The zero-order valence-electron chi connectivity index (χ0n) is 10.4. The molecule has 2 aromatic carbocycles. The van der Waals surface area contributed by atoms with Gasteiger partial charge in [-0.05, 0) is 48.9 Å². The molecular formula is C15H15Cl2N. The first-order chi connectivity index (χ1) is 8.63. The van der Waals surface area contributed by atoms with Crippen LogP contribution in [0.25, 0.3) is 0 Å². The van der Waals surface area contributed by atoms with Gasteiger partial charge in [0.05, 0.1) is 6.04 Å². The second kappa shape index (κ2) is 5.75. The molecule has 2 rings (SSSR count). The highest BCUT2D eigenvalue weighted by Crippen LogP contribution is 2.29. The summed E-state index contributed by atoms with van der Waals surface area (Å²) in [7, 11) is 1.94. The molecule has 0 spiro atoms.